The van der Waals surface area contributed by atoms with Crippen LogP contribution in [0.1, 0.15) is 31.1 Å². The minimum absolute atomic E-state index is 0.0696. The van der Waals surface area contributed by atoms with Crippen molar-refractivity contribution in [2.75, 3.05) is 13.1 Å². The molecule has 1 heterocycles. The van der Waals surface area contributed by atoms with Crippen molar-refractivity contribution in [2.24, 2.45) is 0 Å². The normalized spacial score (nSPS) is 14.4. The lowest BCUT2D eigenvalue weighted by Gasteiger charge is -2.39. The van der Waals surface area contributed by atoms with Crippen LogP contribution >= 0.6 is 0 Å². The van der Waals surface area contributed by atoms with E-state index in [0.717, 1.165) is 0 Å². The van der Waals surface area contributed by atoms with Gasteiger partial charge in [-0.2, -0.15) is 0 Å². The van der Waals surface area contributed by atoms with E-state index >= 15 is 0 Å². The molecule has 7 heteroatoms. The van der Waals surface area contributed by atoms with Gasteiger partial charge in [-0.3, -0.25) is 0 Å². The van der Waals surface area contributed by atoms with Crippen LogP contribution in [0.2, 0.25) is 0 Å². The summed E-state index contributed by atoms with van der Waals surface area (Å²) in [6.45, 7) is 6.11. The smallest absolute Gasteiger partial charge is 0.410 e. The minimum atomic E-state index is -1.09. The number of rotatable bonds is 4. The van der Waals surface area contributed by atoms with Crippen molar-refractivity contribution in [3.63, 3.8) is 0 Å². The second-order valence-corrected chi connectivity index (χ2v) is 7.68. The van der Waals surface area contributed by atoms with Gasteiger partial charge < -0.3 is 19.5 Å². The van der Waals surface area contributed by atoms with Crippen molar-refractivity contribution in [1.29, 1.82) is 0 Å². The average molecular weight is 387 g/mol. The van der Waals surface area contributed by atoms with Crippen LogP contribution in [0, 0.1) is 5.82 Å². The highest BCUT2D eigenvalue weighted by Crippen LogP contribution is 2.28. The van der Waals surface area contributed by atoms with E-state index < -0.39 is 17.7 Å². The molecule has 1 aliphatic rings. The summed E-state index contributed by atoms with van der Waals surface area (Å²) in [6.07, 6.45) is -0.656. The summed E-state index contributed by atoms with van der Waals surface area (Å²) in [6, 6.07) is 10.4. The predicted molar refractivity (Wildman–Crippen MR) is 101 cm³/mol. The number of nitrogens with zero attached hydrogens (tertiary/aromatic N) is 1. The van der Waals surface area contributed by atoms with Gasteiger partial charge >= 0.3 is 12.1 Å². The summed E-state index contributed by atoms with van der Waals surface area (Å²) < 4.78 is 24.3. The van der Waals surface area contributed by atoms with Gasteiger partial charge in [-0.25, -0.2) is 14.0 Å². The Bertz CT molecular complexity index is 883. The highest BCUT2D eigenvalue weighted by atomic mass is 19.1. The number of halogens is 1. The van der Waals surface area contributed by atoms with Gasteiger partial charge in [-0.05, 0) is 62.2 Å². The van der Waals surface area contributed by atoms with Crippen LogP contribution in [0.25, 0.3) is 11.1 Å². The fourth-order valence-electron chi connectivity index (χ4n) is 2.78. The molecule has 3 rings (SSSR count). The van der Waals surface area contributed by atoms with Gasteiger partial charge in [0.2, 0.25) is 0 Å². The highest BCUT2D eigenvalue weighted by molar-refractivity contribution is 5.90. The number of aromatic carboxylic acids is 1. The molecule has 1 N–H and O–H groups in total. The Morgan fingerprint density at radius 3 is 2.29 bits per heavy atom. The summed E-state index contributed by atoms with van der Waals surface area (Å²) in [5.74, 6) is -1.07. The standard InChI is InChI=1S/C21H22FNO5/c1-21(2,3)28-20(26)23-11-18(12-23)27-17-9-14(8-15(10-17)19(24)25)13-4-6-16(22)7-5-13/h4-10,18H,11-12H2,1-3H3,(H,24,25). The first-order valence-electron chi connectivity index (χ1n) is 8.89. The van der Waals surface area contributed by atoms with Crippen molar-refractivity contribution >= 4 is 12.1 Å². The molecule has 148 valence electrons. The molecular formula is C21H22FNO5. The van der Waals surface area contributed by atoms with E-state index in [1.165, 1.54) is 29.2 Å². The first-order valence-corrected chi connectivity index (χ1v) is 8.89. The largest absolute Gasteiger partial charge is 0.487 e. The van der Waals surface area contributed by atoms with Gasteiger partial charge in [0.05, 0.1) is 18.7 Å². The van der Waals surface area contributed by atoms with Crippen LogP contribution < -0.4 is 4.74 Å². The van der Waals surface area contributed by atoms with E-state index in [-0.39, 0.29) is 17.5 Å². The fraction of sp³-hybridized carbons (Fsp3) is 0.333. The maximum atomic E-state index is 13.2. The van der Waals surface area contributed by atoms with Crippen molar-refractivity contribution in [1.82, 2.24) is 4.90 Å². The lowest BCUT2D eigenvalue weighted by Crippen LogP contribution is -2.57. The molecule has 1 saturated heterocycles. The maximum absolute atomic E-state index is 13.2. The molecule has 0 unspecified atom stereocenters. The molecule has 0 bridgehead atoms. The number of carboxylic acids is 1. The number of carbonyl (C=O) groups is 2. The molecule has 2 aromatic rings. The van der Waals surface area contributed by atoms with Crippen molar-refractivity contribution in [3.05, 3.63) is 53.8 Å². The number of carboxylic acid groups (broad SMARTS) is 1. The van der Waals surface area contributed by atoms with Crippen LogP contribution in [-0.4, -0.2) is 46.9 Å². The van der Waals surface area contributed by atoms with Gasteiger partial charge in [-0.1, -0.05) is 12.1 Å². The van der Waals surface area contributed by atoms with E-state index in [0.29, 0.717) is 30.0 Å². The van der Waals surface area contributed by atoms with E-state index in [2.05, 4.69) is 0 Å². The zero-order valence-corrected chi connectivity index (χ0v) is 15.9. The first-order chi connectivity index (χ1) is 13.1. The Balaban J connectivity index is 1.72. The molecule has 0 atom stereocenters. The Hall–Kier alpha value is -3.09. The predicted octanol–water partition coefficient (Wildman–Crippen LogP) is 4.19. The highest BCUT2D eigenvalue weighted by Gasteiger charge is 2.35. The topological polar surface area (TPSA) is 76.1 Å². The summed E-state index contributed by atoms with van der Waals surface area (Å²) in [5.41, 5.74) is 0.792. The molecule has 0 saturated carbocycles. The Kier molecular flexibility index (Phi) is 5.27. The molecular weight excluding hydrogens is 365 g/mol. The SMILES string of the molecule is CC(C)(C)OC(=O)N1CC(Oc2cc(C(=O)O)cc(-c3ccc(F)cc3)c2)C1. The monoisotopic (exact) mass is 387 g/mol. The molecule has 28 heavy (non-hydrogen) atoms. The summed E-state index contributed by atoms with van der Waals surface area (Å²) in [5, 5.41) is 9.37. The second-order valence-electron chi connectivity index (χ2n) is 7.68. The molecule has 0 spiro atoms. The Morgan fingerprint density at radius 1 is 1.07 bits per heavy atom. The quantitative estimate of drug-likeness (QED) is 0.851. The third-order valence-electron chi connectivity index (χ3n) is 4.13. The van der Waals surface area contributed by atoms with Crippen molar-refractivity contribution < 1.29 is 28.6 Å². The number of ether oxygens (including phenoxy) is 2. The van der Waals surface area contributed by atoms with E-state index in [4.69, 9.17) is 9.47 Å². The first kappa shape index (κ1) is 19.7. The summed E-state index contributed by atoms with van der Waals surface area (Å²) in [7, 11) is 0. The molecule has 1 aliphatic heterocycles. The van der Waals surface area contributed by atoms with Crippen LogP contribution in [-0.2, 0) is 4.74 Å². The van der Waals surface area contributed by atoms with Gasteiger partial charge in [0.25, 0.3) is 0 Å². The molecule has 2 aromatic carbocycles. The van der Waals surface area contributed by atoms with Gasteiger partial charge in [0.1, 0.15) is 23.3 Å². The summed E-state index contributed by atoms with van der Waals surface area (Å²) in [4.78, 5) is 25.0. The molecule has 1 fully saturated rings. The Labute approximate surface area is 162 Å². The number of likely N-dealkylation sites (tertiary alicyclic amines) is 1. The zero-order valence-electron chi connectivity index (χ0n) is 15.9. The molecule has 0 aliphatic carbocycles. The third kappa shape index (κ3) is 4.79. The van der Waals surface area contributed by atoms with Crippen LogP contribution in [0.3, 0.4) is 0 Å². The van der Waals surface area contributed by atoms with Gasteiger partial charge in [0.15, 0.2) is 0 Å². The second kappa shape index (κ2) is 7.50. The maximum Gasteiger partial charge on any atom is 0.410 e. The van der Waals surface area contributed by atoms with Crippen molar-refractivity contribution in [3.8, 4) is 16.9 Å². The average Bonchev–Trinajstić information content (AvgIpc) is 2.56. The van der Waals surface area contributed by atoms with Gasteiger partial charge in [-0.15, -0.1) is 0 Å². The van der Waals surface area contributed by atoms with Crippen LogP contribution in [0.5, 0.6) is 5.75 Å². The molecule has 6 nitrogen and oxygen atoms in total. The summed E-state index contributed by atoms with van der Waals surface area (Å²) >= 11 is 0. The molecule has 1 amide bonds. The van der Waals surface area contributed by atoms with Crippen LogP contribution in [0.15, 0.2) is 42.5 Å². The minimum Gasteiger partial charge on any atom is -0.487 e. The number of hydrogen-bond donors (Lipinski definition) is 1. The number of amides is 1. The van der Waals surface area contributed by atoms with Crippen molar-refractivity contribution in [2.45, 2.75) is 32.5 Å². The van der Waals surface area contributed by atoms with E-state index in [9.17, 15) is 19.1 Å². The molecule has 0 aromatic heterocycles. The lowest BCUT2D eigenvalue weighted by atomic mass is 10.0. The number of carbonyl (C=O) groups excluding carboxylic acids is 1. The van der Waals surface area contributed by atoms with Gasteiger partial charge in [0, 0.05) is 0 Å². The van der Waals surface area contributed by atoms with Crippen LogP contribution in [0.4, 0.5) is 9.18 Å². The van der Waals surface area contributed by atoms with E-state index in [1.54, 1.807) is 39.0 Å². The number of benzene rings is 2. The van der Waals surface area contributed by atoms with E-state index in [1.807, 2.05) is 0 Å². The number of hydrogen-bond acceptors (Lipinski definition) is 4. The molecule has 0 radical (unpaired) electrons. The fourth-order valence-corrected chi connectivity index (χ4v) is 2.78. The lowest BCUT2D eigenvalue weighted by molar-refractivity contribution is -0.0221. The third-order valence-corrected chi connectivity index (χ3v) is 4.13. The Morgan fingerprint density at radius 2 is 1.71 bits per heavy atom. The zero-order chi connectivity index (χ0) is 20.5.